The second-order valence-corrected chi connectivity index (χ2v) is 7.32. The molecule has 0 spiro atoms. The number of nitrogen functional groups attached to an aromatic ring is 1. The SMILES string of the molecule is COc1cc(CN(Cc2ccc(C(=O)Nc3cccnc3N)cc2)C(N)=O)cc(OC)c1OC. The molecule has 0 bridgehead atoms. The van der Waals surface area contributed by atoms with E-state index in [-0.39, 0.29) is 24.8 Å². The van der Waals surface area contributed by atoms with E-state index in [0.29, 0.717) is 28.5 Å². The molecule has 0 aliphatic heterocycles. The summed E-state index contributed by atoms with van der Waals surface area (Å²) in [4.78, 5) is 30.0. The Morgan fingerprint density at radius 1 is 0.941 bits per heavy atom. The molecule has 10 nitrogen and oxygen atoms in total. The topological polar surface area (TPSA) is 142 Å². The summed E-state index contributed by atoms with van der Waals surface area (Å²) in [7, 11) is 4.56. The Morgan fingerprint density at radius 3 is 2.09 bits per heavy atom. The molecule has 0 atom stereocenters. The van der Waals surface area contributed by atoms with Gasteiger partial charge >= 0.3 is 6.03 Å². The van der Waals surface area contributed by atoms with E-state index in [2.05, 4.69) is 10.3 Å². The molecule has 0 aliphatic rings. The predicted octanol–water partition coefficient (Wildman–Crippen LogP) is 3.02. The van der Waals surface area contributed by atoms with Crippen LogP contribution in [0.1, 0.15) is 21.5 Å². The quantitative estimate of drug-likeness (QED) is 0.441. The largest absolute Gasteiger partial charge is 0.493 e. The van der Waals surface area contributed by atoms with Crippen molar-refractivity contribution in [1.29, 1.82) is 0 Å². The zero-order valence-electron chi connectivity index (χ0n) is 19.2. The zero-order chi connectivity index (χ0) is 24.7. The Balaban J connectivity index is 1.73. The molecule has 0 unspecified atom stereocenters. The fourth-order valence-electron chi connectivity index (χ4n) is 3.36. The van der Waals surface area contributed by atoms with Crippen molar-refractivity contribution in [1.82, 2.24) is 9.88 Å². The highest BCUT2D eigenvalue weighted by molar-refractivity contribution is 6.05. The summed E-state index contributed by atoms with van der Waals surface area (Å²) in [5.74, 6) is 1.32. The fraction of sp³-hybridized carbons (Fsp3) is 0.208. The first-order valence-corrected chi connectivity index (χ1v) is 10.3. The maximum absolute atomic E-state index is 12.5. The van der Waals surface area contributed by atoms with Crippen LogP contribution in [-0.4, -0.2) is 43.2 Å². The first-order chi connectivity index (χ1) is 16.4. The van der Waals surface area contributed by atoms with Crippen LogP contribution in [0.25, 0.3) is 0 Å². The summed E-state index contributed by atoms with van der Waals surface area (Å²) in [6, 6.07) is 13.1. The van der Waals surface area contributed by atoms with Crippen LogP contribution in [-0.2, 0) is 13.1 Å². The van der Waals surface area contributed by atoms with Crippen molar-refractivity contribution < 1.29 is 23.8 Å². The predicted molar refractivity (Wildman–Crippen MR) is 128 cm³/mol. The van der Waals surface area contributed by atoms with Crippen LogP contribution in [0.5, 0.6) is 17.2 Å². The third kappa shape index (κ3) is 5.66. The smallest absolute Gasteiger partial charge is 0.315 e. The number of ether oxygens (including phenoxy) is 3. The Morgan fingerprint density at radius 2 is 1.56 bits per heavy atom. The van der Waals surface area contributed by atoms with Gasteiger partial charge < -0.3 is 35.9 Å². The molecule has 0 saturated carbocycles. The van der Waals surface area contributed by atoms with Crippen LogP contribution < -0.4 is 31.0 Å². The Hall–Kier alpha value is -4.47. The number of rotatable bonds is 9. The minimum absolute atomic E-state index is 0.217. The highest BCUT2D eigenvalue weighted by Crippen LogP contribution is 2.38. The van der Waals surface area contributed by atoms with E-state index in [1.807, 2.05) is 0 Å². The molecule has 0 radical (unpaired) electrons. The first kappa shape index (κ1) is 24.2. The highest BCUT2D eigenvalue weighted by atomic mass is 16.5. The monoisotopic (exact) mass is 465 g/mol. The number of hydrogen-bond donors (Lipinski definition) is 3. The van der Waals surface area contributed by atoms with E-state index < -0.39 is 6.03 Å². The first-order valence-electron chi connectivity index (χ1n) is 10.3. The van der Waals surface area contributed by atoms with E-state index >= 15 is 0 Å². The van der Waals surface area contributed by atoms with Gasteiger partial charge in [0, 0.05) is 24.8 Å². The summed E-state index contributed by atoms with van der Waals surface area (Å²) in [6.45, 7) is 0.456. The number of nitrogens with one attached hydrogen (secondary N) is 1. The van der Waals surface area contributed by atoms with Crippen molar-refractivity contribution in [3.8, 4) is 17.2 Å². The van der Waals surface area contributed by atoms with Crippen molar-refractivity contribution in [2.24, 2.45) is 5.73 Å². The minimum atomic E-state index is -0.595. The van der Waals surface area contributed by atoms with E-state index in [0.717, 1.165) is 11.1 Å². The van der Waals surface area contributed by atoms with Crippen molar-refractivity contribution in [2.75, 3.05) is 32.4 Å². The number of aromatic nitrogens is 1. The molecule has 0 fully saturated rings. The van der Waals surface area contributed by atoms with Gasteiger partial charge in [-0.15, -0.1) is 0 Å². The average Bonchev–Trinajstić information content (AvgIpc) is 2.84. The summed E-state index contributed by atoms with van der Waals surface area (Å²) >= 11 is 0. The lowest BCUT2D eigenvalue weighted by atomic mass is 10.1. The van der Waals surface area contributed by atoms with Gasteiger partial charge in [0.15, 0.2) is 11.5 Å². The average molecular weight is 466 g/mol. The van der Waals surface area contributed by atoms with Crippen molar-refractivity contribution in [3.63, 3.8) is 0 Å². The summed E-state index contributed by atoms with van der Waals surface area (Å²) in [5, 5.41) is 2.72. The maximum atomic E-state index is 12.5. The van der Waals surface area contributed by atoms with Gasteiger partial charge in [0.2, 0.25) is 5.75 Å². The van der Waals surface area contributed by atoms with Crippen molar-refractivity contribution >= 4 is 23.4 Å². The van der Waals surface area contributed by atoms with Crippen molar-refractivity contribution in [2.45, 2.75) is 13.1 Å². The molecule has 2 aromatic carbocycles. The Labute approximate surface area is 197 Å². The van der Waals surface area contributed by atoms with E-state index in [1.54, 1.807) is 54.7 Å². The van der Waals surface area contributed by atoms with Gasteiger partial charge in [-0.05, 0) is 47.5 Å². The molecule has 1 aromatic heterocycles. The third-order valence-electron chi connectivity index (χ3n) is 5.09. The second kappa shape index (κ2) is 10.9. The number of primary amides is 1. The highest BCUT2D eigenvalue weighted by Gasteiger charge is 2.17. The number of carbonyl (C=O) groups is 2. The molecule has 0 saturated heterocycles. The standard InChI is InChI=1S/C24H27N5O5/c1-32-19-11-16(12-20(33-2)21(19)34-3)14-29(24(26)31)13-15-6-8-17(9-7-15)23(30)28-18-5-4-10-27-22(18)25/h4-12H,13-14H2,1-3H3,(H2,25,27)(H2,26,31)(H,28,30). The van der Waals surface area contributed by atoms with Gasteiger partial charge in [0.1, 0.15) is 5.82 Å². The van der Waals surface area contributed by atoms with Gasteiger partial charge in [0.25, 0.3) is 5.91 Å². The number of anilines is 2. The van der Waals surface area contributed by atoms with Crippen LogP contribution in [0.2, 0.25) is 0 Å². The normalized spacial score (nSPS) is 10.3. The molecule has 10 heteroatoms. The molecule has 3 rings (SSSR count). The fourth-order valence-corrected chi connectivity index (χ4v) is 3.36. The Bertz CT molecular complexity index is 1140. The number of pyridine rings is 1. The molecule has 34 heavy (non-hydrogen) atoms. The van der Waals surface area contributed by atoms with E-state index in [1.165, 1.54) is 26.2 Å². The maximum Gasteiger partial charge on any atom is 0.315 e. The minimum Gasteiger partial charge on any atom is -0.493 e. The van der Waals surface area contributed by atoms with Gasteiger partial charge in [0.05, 0.1) is 27.0 Å². The van der Waals surface area contributed by atoms with Gasteiger partial charge in [-0.1, -0.05) is 12.1 Å². The molecule has 3 amide bonds. The van der Waals surface area contributed by atoms with Gasteiger partial charge in [-0.25, -0.2) is 9.78 Å². The second-order valence-electron chi connectivity index (χ2n) is 7.32. The van der Waals surface area contributed by atoms with E-state index in [4.69, 9.17) is 25.7 Å². The molecule has 178 valence electrons. The number of nitrogens with zero attached hydrogens (tertiary/aromatic N) is 2. The Kier molecular flexibility index (Phi) is 7.75. The number of nitrogens with two attached hydrogens (primary N) is 2. The molecular formula is C24H27N5O5. The van der Waals surface area contributed by atoms with Gasteiger partial charge in [-0.2, -0.15) is 0 Å². The number of carbonyl (C=O) groups excluding carboxylic acids is 2. The van der Waals surface area contributed by atoms with Crippen LogP contribution in [0.3, 0.4) is 0 Å². The van der Waals surface area contributed by atoms with Gasteiger partial charge in [-0.3, -0.25) is 4.79 Å². The molecule has 1 heterocycles. The summed E-state index contributed by atoms with van der Waals surface area (Å²) in [5.41, 5.74) is 13.8. The lowest BCUT2D eigenvalue weighted by Crippen LogP contribution is -2.34. The number of benzene rings is 2. The number of hydrogen-bond acceptors (Lipinski definition) is 7. The summed E-state index contributed by atoms with van der Waals surface area (Å²) < 4.78 is 16.1. The lowest BCUT2D eigenvalue weighted by Gasteiger charge is -2.22. The zero-order valence-corrected chi connectivity index (χ0v) is 19.2. The molecular weight excluding hydrogens is 438 g/mol. The molecule has 0 aliphatic carbocycles. The van der Waals surface area contributed by atoms with Crippen LogP contribution in [0.15, 0.2) is 54.7 Å². The van der Waals surface area contributed by atoms with Crippen LogP contribution in [0.4, 0.5) is 16.3 Å². The summed E-state index contributed by atoms with van der Waals surface area (Å²) in [6.07, 6.45) is 1.54. The third-order valence-corrected chi connectivity index (χ3v) is 5.09. The van der Waals surface area contributed by atoms with Crippen LogP contribution in [0, 0.1) is 0 Å². The number of methoxy groups -OCH3 is 3. The number of urea groups is 1. The van der Waals surface area contributed by atoms with Crippen LogP contribution >= 0.6 is 0 Å². The molecule has 3 aromatic rings. The van der Waals surface area contributed by atoms with E-state index in [9.17, 15) is 9.59 Å². The molecule has 5 N–H and O–H groups in total. The number of amides is 3. The lowest BCUT2D eigenvalue weighted by molar-refractivity contribution is 0.102. The van der Waals surface area contributed by atoms with Crippen molar-refractivity contribution in [3.05, 3.63) is 71.4 Å².